The van der Waals surface area contributed by atoms with Crippen LogP contribution in [0.25, 0.3) is 11.1 Å². The molecule has 0 aliphatic carbocycles. The Balaban J connectivity index is 2.34. The molecule has 2 rings (SSSR count). The van der Waals surface area contributed by atoms with Gasteiger partial charge in [0.05, 0.1) is 5.02 Å². The zero-order valence-electron chi connectivity index (χ0n) is 9.31. The van der Waals surface area contributed by atoms with Crippen molar-refractivity contribution in [2.24, 2.45) is 0 Å². The summed E-state index contributed by atoms with van der Waals surface area (Å²) in [6, 6.07) is 15.2. The molecular weight excluding hydrogens is 236 g/mol. The average Bonchev–Trinajstić information content (AvgIpc) is 2.32. The molecule has 2 nitrogen and oxygen atoms in total. The molecule has 0 aliphatic heterocycles. The first kappa shape index (κ1) is 11.7. The van der Waals surface area contributed by atoms with Gasteiger partial charge in [0.25, 0.3) is 0 Å². The van der Waals surface area contributed by atoms with E-state index in [9.17, 15) is 4.79 Å². The van der Waals surface area contributed by atoms with Gasteiger partial charge in [0.2, 0.25) is 0 Å². The second-order valence-electron chi connectivity index (χ2n) is 3.60. The summed E-state index contributed by atoms with van der Waals surface area (Å²) in [6.07, 6.45) is 0. The van der Waals surface area contributed by atoms with Crippen LogP contribution in [0.3, 0.4) is 0 Å². The summed E-state index contributed by atoms with van der Waals surface area (Å²) in [5.74, 6) is 0.0122. The molecule has 0 bridgehead atoms. The molecule has 2 aromatic carbocycles. The normalized spacial score (nSPS) is 10.0. The number of rotatable bonds is 2. The number of halogens is 1. The Bertz CT molecular complexity index is 535. The summed E-state index contributed by atoms with van der Waals surface area (Å²) in [4.78, 5) is 10.8. The van der Waals surface area contributed by atoms with Crippen LogP contribution < -0.4 is 4.74 Å². The van der Waals surface area contributed by atoms with Crippen molar-refractivity contribution in [1.29, 1.82) is 0 Å². The minimum absolute atomic E-state index is 0.376. The fourth-order valence-corrected chi connectivity index (χ4v) is 1.77. The van der Waals surface area contributed by atoms with Crippen molar-refractivity contribution in [2.75, 3.05) is 0 Å². The zero-order valence-corrected chi connectivity index (χ0v) is 10.1. The Morgan fingerprint density at radius 3 is 2.35 bits per heavy atom. The largest absolute Gasteiger partial charge is 0.425 e. The number of hydrogen-bond donors (Lipinski definition) is 0. The van der Waals surface area contributed by atoms with Crippen molar-refractivity contribution in [3.8, 4) is 16.9 Å². The Kier molecular flexibility index (Phi) is 3.45. The van der Waals surface area contributed by atoms with Crippen molar-refractivity contribution >= 4 is 17.6 Å². The molecule has 2 aromatic rings. The number of esters is 1. The van der Waals surface area contributed by atoms with Gasteiger partial charge < -0.3 is 4.74 Å². The van der Waals surface area contributed by atoms with E-state index in [1.807, 2.05) is 36.4 Å². The van der Waals surface area contributed by atoms with E-state index in [1.165, 1.54) is 6.92 Å². The fourth-order valence-electron chi connectivity index (χ4n) is 1.55. The number of carbonyl (C=O) groups excluding carboxylic acids is 1. The molecule has 0 aromatic heterocycles. The van der Waals surface area contributed by atoms with E-state index in [0.717, 1.165) is 11.1 Å². The molecule has 0 amide bonds. The first-order chi connectivity index (χ1) is 8.16. The van der Waals surface area contributed by atoms with E-state index in [4.69, 9.17) is 16.3 Å². The first-order valence-electron chi connectivity index (χ1n) is 5.20. The zero-order chi connectivity index (χ0) is 12.3. The van der Waals surface area contributed by atoms with Crippen molar-refractivity contribution in [3.05, 3.63) is 53.6 Å². The first-order valence-corrected chi connectivity index (χ1v) is 5.58. The summed E-state index contributed by atoms with van der Waals surface area (Å²) in [6.45, 7) is 1.35. The molecule has 3 heteroatoms. The van der Waals surface area contributed by atoms with Crippen LogP contribution in [0.1, 0.15) is 6.92 Å². The highest BCUT2D eigenvalue weighted by molar-refractivity contribution is 6.32. The van der Waals surface area contributed by atoms with E-state index in [1.54, 1.807) is 12.1 Å². The van der Waals surface area contributed by atoms with E-state index in [2.05, 4.69) is 0 Å². The summed E-state index contributed by atoms with van der Waals surface area (Å²) in [7, 11) is 0. The van der Waals surface area contributed by atoms with Gasteiger partial charge in [0.1, 0.15) is 5.75 Å². The molecule has 17 heavy (non-hydrogen) atoms. The maximum Gasteiger partial charge on any atom is 0.308 e. The van der Waals surface area contributed by atoms with Crippen molar-refractivity contribution < 1.29 is 9.53 Å². The van der Waals surface area contributed by atoms with Gasteiger partial charge in [-0.1, -0.05) is 48.0 Å². The van der Waals surface area contributed by atoms with Crippen LogP contribution in [0.5, 0.6) is 5.75 Å². The molecule has 0 fully saturated rings. The van der Waals surface area contributed by atoms with E-state index >= 15 is 0 Å². The van der Waals surface area contributed by atoms with E-state index in [-0.39, 0.29) is 5.97 Å². The van der Waals surface area contributed by atoms with Gasteiger partial charge >= 0.3 is 5.97 Å². The highest BCUT2D eigenvalue weighted by atomic mass is 35.5. The van der Waals surface area contributed by atoms with Crippen LogP contribution in [0.4, 0.5) is 0 Å². The van der Waals surface area contributed by atoms with Gasteiger partial charge in [-0.15, -0.1) is 0 Å². The molecule has 0 saturated heterocycles. The number of carbonyl (C=O) groups is 1. The molecule has 0 atom stereocenters. The van der Waals surface area contributed by atoms with E-state index in [0.29, 0.717) is 10.8 Å². The molecule has 0 aliphatic rings. The summed E-state index contributed by atoms with van der Waals surface area (Å²) >= 11 is 6.05. The molecular formula is C14H11ClO2. The SMILES string of the molecule is CC(=O)Oc1ccc(-c2ccccc2)cc1Cl. The number of hydrogen-bond acceptors (Lipinski definition) is 2. The van der Waals surface area contributed by atoms with Crippen LogP contribution >= 0.6 is 11.6 Å². The molecule has 0 radical (unpaired) electrons. The Hall–Kier alpha value is -1.80. The second kappa shape index (κ2) is 5.02. The third kappa shape index (κ3) is 2.86. The monoisotopic (exact) mass is 246 g/mol. The van der Waals surface area contributed by atoms with E-state index < -0.39 is 0 Å². The van der Waals surface area contributed by atoms with Gasteiger partial charge in [-0.25, -0.2) is 0 Å². The highest BCUT2D eigenvalue weighted by Gasteiger charge is 2.06. The standard InChI is InChI=1S/C14H11ClO2/c1-10(16)17-14-8-7-12(9-13(14)15)11-5-3-2-4-6-11/h2-9H,1H3. The lowest BCUT2D eigenvalue weighted by molar-refractivity contribution is -0.131. The highest BCUT2D eigenvalue weighted by Crippen LogP contribution is 2.30. The van der Waals surface area contributed by atoms with Crippen molar-refractivity contribution in [3.63, 3.8) is 0 Å². The van der Waals surface area contributed by atoms with Crippen LogP contribution in [0, 0.1) is 0 Å². The molecule has 0 spiro atoms. The average molecular weight is 247 g/mol. The Morgan fingerprint density at radius 1 is 1.06 bits per heavy atom. The Labute approximate surface area is 105 Å². The van der Waals surface area contributed by atoms with Crippen LogP contribution in [-0.4, -0.2) is 5.97 Å². The van der Waals surface area contributed by atoms with Crippen LogP contribution in [0.15, 0.2) is 48.5 Å². The van der Waals surface area contributed by atoms with Gasteiger partial charge in [-0.3, -0.25) is 4.79 Å². The summed E-state index contributed by atoms with van der Waals surface area (Å²) < 4.78 is 4.96. The van der Waals surface area contributed by atoms with Crippen molar-refractivity contribution in [2.45, 2.75) is 6.92 Å². The maximum absolute atomic E-state index is 10.8. The fraction of sp³-hybridized carbons (Fsp3) is 0.0714. The number of benzene rings is 2. The maximum atomic E-state index is 10.8. The molecule has 0 N–H and O–H groups in total. The third-order valence-electron chi connectivity index (χ3n) is 2.29. The summed E-state index contributed by atoms with van der Waals surface area (Å²) in [5, 5.41) is 0.432. The molecule has 0 saturated carbocycles. The minimum Gasteiger partial charge on any atom is -0.425 e. The lowest BCUT2D eigenvalue weighted by Gasteiger charge is -2.06. The third-order valence-corrected chi connectivity index (χ3v) is 2.59. The van der Waals surface area contributed by atoms with Crippen LogP contribution in [0.2, 0.25) is 5.02 Å². The molecule has 86 valence electrons. The molecule has 0 unspecified atom stereocenters. The van der Waals surface area contributed by atoms with Gasteiger partial charge in [0, 0.05) is 6.92 Å². The smallest absolute Gasteiger partial charge is 0.308 e. The second-order valence-corrected chi connectivity index (χ2v) is 4.01. The quantitative estimate of drug-likeness (QED) is 0.593. The van der Waals surface area contributed by atoms with Crippen molar-refractivity contribution in [1.82, 2.24) is 0 Å². The van der Waals surface area contributed by atoms with Gasteiger partial charge in [-0.05, 0) is 23.3 Å². The van der Waals surface area contributed by atoms with Gasteiger partial charge in [-0.2, -0.15) is 0 Å². The number of ether oxygens (including phenoxy) is 1. The predicted octanol–water partition coefficient (Wildman–Crippen LogP) is 3.93. The van der Waals surface area contributed by atoms with Crippen LogP contribution in [-0.2, 0) is 4.79 Å². The predicted molar refractivity (Wildman–Crippen MR) is 68.2 cm³/mol. The lowest BCUT2D eigenvalue weighted by atomic mass is 10.1. The molecule has 0 heterocycles. The minimum atomic E-state index is -0.376. The Morgan fingerprint density at radius 2 is 1.76 bits per heavy atom. The topological polar surface area (TPSA) is 26.3 Å². The summed E-state index contributed by atoms with van der Waals surface area (Å²) in [5.41, 5.74) is 2.07. The lowest BCUT2D eigenvalue weighted by Crippen LogP contribution is -2.01. The van der Waals surface area contributed by atoms with Gasteiger partial charge in [0.15, 0.2) is 0 Å².